The summed E-state index contributed by atoms with van der Waals surface area (Å²) in [5.74, 6) is 0.852. The lowest BCUT2D eigenvalue weighted by Crippen LogP contribution is -2.09. The molecule has 132 valence electrons. The van der Waals surface area contributed by atoms with Gasteiger partial charge in [-0.1, -0.05) is 6.07 Å². The van der Waals surface area contributed by atoms with Crippen LogP contribution in [-0.4, -0.2) is 20.4 Å². The number of anilines is 1. The molecule has 1 N–H and O–H groups in total. The van der Waals surface area contributed by atoms with Gasteiger partial charge in [-0.05, 0) is 42.7 Å². The van der Waals surface area contributed by atoms with E-state index in [9.17, 15) is 18.0 Å². The van der Waals surface area contributed by atoms with E-state index in [1.165, 1.54) is 6.07 Å². The van der Waals surface area contributed by atoms with Crippen LogP contribution in [0.15, 0.2) is 30.3 Å². The van der Waals surface area contributed by atoms with Gasteiger partial charge in [-0.15, -0.1) is 0 Å². The van der Waals surface area contributed by atoms with E-state index in [2.05, 4.69) is 15.3 Å². The Labute approximate surface area is 145 Å². The number of carbonyl (C=O) groups is 1. The van der Waals surface area contributed by atoms with Crippen LogP contribution in [0.5, 0.6) is 0 Å². The van der Waals surface area contributed by atoms with Crippen LogP contribution >= 0.6 is 0 Å². The van der Waals surface area contributed by atoms with Crippen molar-refractivity contribution in [2.75, 3.05) is 5.32 Å². The zero-order valence-corrected chi connectivity index (χ0v) is 13.5. The molecule has 3 heterocycles. The Bertz CT molecular complexity index is 1070. The Balaban J connectivity index is 1.74. The van der Waals surface area contributed by atoms with Gasteiger partial charge in [0, 0.05) is 11.6 Å². The third-order valence-electron chi connectivity index (χ3n) is 4.74. The molecule has 1 fully saturated rings. The summed E-state index contributed by atoms with van der Waals surface area (Å²) >= 11 is 0. The van der Waals surface area contributed by atoms with E-state index in [4.69, 9.17) is 0 Å². The van der Waals surface area contributed by atoms with E-state index in [1.807, 2.05) is 6.07 Å². The molecule has 0 atom stereocenters. The first-order valence-electron chi connectivity index (χ1n) is 8.30. The molecule has 0 spiro atoms. The molecule has 1 aromatic carbocycles. The summed E-state index contributed by atoms with van der Waals surface area (Å²) in [6, 6.07) is 7.71. The van der Waals surface area contributed by atoms with Crippen LogP contribution in [0.1, 0.15) is 35.8 Å². The Morgan fingerprint density at radius 2 is 1.92 bits per heavy atom. The van der Waals surface area contributed by atoms with Gasteiger partial charge in [0.25, 0.3) is 0 Å². The van der Waals surface area contributed by atoms with Gasteiger partial charge in [-0.25, -0.2) is 9.97 Å². The predicted molar refractivity (Wildman–Crippen MR) is 88.2 cm³/mol. The van der Waals surface area contributed by atoms with Crippen LogP contribution in [0.4, 0.5) is 18.9 Å². The average Bonchev–Trinajstić information content (AvgIpc) is 3.25. The smallest absolute Gasteiger partial charge is 0.325 e. The molecular formula is C18H13F3N4O. The number of amides is 1. The lowest BCUT2D eigenvalue weighted by molar-refractivity contribution is -0.141. The van der Waals surface area contributed by atoms with Gasteiger partial charge in [0.1, 0.15) is 17.0 Å². The number of carbonyl (C=O) groups excluding carboxylic acids is 1. The molecule has 26 heavy (non-hydrogen) atoms. The second-order valence-electron chi connectivity index (χ2n) is 6.68. The zero-order chi connectivity index (χ0) is 18.1. The maximum Gasteiger partial charge on any atom is 0.433 e. The Morgan fingerprint density at radius 1 is 1.12 bits per heavy atom. The van der Waals surface area contributed by atoms with Crippen LogP contribution in [0, 0.1) is 0 Å². The highest BCUT2D eigenvalue weighted by molar-refractivity contribution is 5.99. The summed E-state index contributed by atoms with van der Waals surface area (Å²) in [4.78, 5) is 20.0. The van der Waals surface area contributed by atoms with Crippen molar-refractivity contribution in [3.63, 3.8) is 0 Å². The largest absolute Gasteiger partial charge is 0.433 e. The minimum absolute atomic E-state index is 0.0902. The third kappa shape index (κ3) is 2.36. The fourth-order valence-electron chi connectivity index (χ4n) is 3.34. The molecule has 0 bridgehead atoms. The van der Waals surface area contributed by atoms with Crippen molar-refractivity contribution < 1.29 is 18.0 Å². The fraction of sp³-hybridized carbons (Fsp3) is 0.278. The number of halogens is 3. The van der Waals surface area contributed by atoms with Gasteiger partial charge in [0.2, 0.25) is 5.91 Å². The third-order valence-corrected chi connectivity index (χ3v) is 4.74. The number of nitrogens with zero attached hydrogens (tertiary/aromatic N) is 3. The first-order chi connectivity index (χ1) is 12.4. The minimum atomic E-state index is -4.52. The molecule has 0 radical (unpaired) electrons. The number of imidazole rings is 1. The summed E-state index contributed by atoms with van der Waals surface area (Å²) in [7, 11) is 0. The van der Waals surface area contributed by atoms with Gasteiger partial charge in [-0.2, -0.15) is 13.2 Å². The first kappa shape index (κ1) is 15.4. The summed E-state index contributed by atoms with van der Waals surface area (Å²) < 4.78 is 41.0. The summed E-state index contributed by atoms with van der Waals surface area (Å²) in [5, 5.41) is 2.77. The number of hydrogen-bond acceptors (Lipinski definition) is 3. The SMILES string of the molecule is O=C1Cc2ccc(-n3c(C4CC4)nc4ccc(C(F)(F)F)nc43)cc2N1. The number of nitrogens with one attached hydrogen (secondary N) is 1. The van der Waals surface area contributed by atoms with E-state index in [1.54, 1.807) is 16.7 Å². The van der Waals surface area contributed by atoms with Gasteiger partial charge in [0.15, 0.2) is 5.65 Å². The van der Waals surface area contributed by atoms with Gasteiger partial charge in [-0.3, -0.25) is 9.36 Å². The van der Waals surface area contributed by atoms with Crippen molar-refractivity contribution in [3.05, 3.63) is 47.4 Å². The Morgan fingerprint density at radius 3 is 2.65 bits per heavy atom. The predicted octanol–water partition coefficient (Wildman–Crippen LogP) is 3.81. The number of alkyl halides is 3. The van der Waals surface area contributed by atoms with Gasteiger partial charge >= 0.3 is 6.18 Å². The lowest BCUT2D eigenvalue weighted by atomic mass is 10.1. The van der Waals surface area contributed by atoms with E-state index in [-0.39, 0.29) is 17.5 Å². The highest BCUT2D eigenvalue weighted by Gasteiger charge is 2.35. The second-order valence-corrected chi connectivity index (χ2v) is 6.68. The molecule has 0 unspecified atom stereocenters. The molecule has 0 saturated heterocycles. The number of hydrogen-bond donors (Lipinski definition) is 1. The molecule has 1 aliphatic carbocycles. The lowest BCUT2D eigenvalue weighted by Gasteiger charge is -2.11. The average molecular weight is 358 g/mol. The summed E-state index contributed by atoms with van der Waals surface area (Å²) in [6.07, 6.45) is -2.30. The van der Waals surface area contributed by atoms with Gasteiger partial charge < -0.3 is 5.32 Å². The van der Waals surface area contributed by atoms with Crippen molar-refractivity contribution in [3.8, 4) is 5.69 Å². The van der Waals surface area contributed by atoms with Crippen molar-refractivity contribution in [2.24, 2.45) is 0 Å². The fourth-order valence-corrected chi connectivity index (χ4v) is 3.34. The van der Waals surface area contributed by atoms with Crippen LogP contribution in [0.3, 0.4) is 0 Å². The van der Waals surface area contributed by atoms with Crippen LogP contribution in [-0.2, 0) is 17.4 Å². The normalized spacial score (nSPS) is 16.8. The standard InChI is InChI=1S/C18H13F3N4O/c19-18(20,21)14-6-5-12-17(24-14)25(16(23-12)9-1-2-9)11-4-3-10-7-15(26)22-13(10)8-11/h3-6,8-9H,1-2,7H2,(H,22,26). The molecule has 5 rings (SSSR count). The summed E-state index contributed by atoms with van der Waals surface area (Å²) in [5.41, 5.74) is 1.89. The second kappa shape index (κ2) is 5.06. The molecule has 2 aliphatic rings. The van der Waals surface area contributed by atoms with E-state index in [0.29, 0.717) is 23.3 Å². The first-order valence-corrected chi connectivity index (χ1v) is 8.30. The van der Waals surface area contributed by atoms with Crippen LogP contribution in [0.25, 0.3) is 16.9 Å². The number of aromatic nitrogens is 3. The maximum atomic E-state index is 13.1. The summed E-state index contributed by atoms with van der Waals surface area (Å²) in [6.45, 7) is 0. The quantitative estimate of drug-likeness (QED) is 0.758. The molecule has 3 aromatic rings. The number of benzene rings is 1. The molecule has 1 aliphatic heterocycles. The zero-order valence-electron chi connectivity index (χ0n) is 13.5. The molecule has 2 aromatic heterocycles. The van der Waals surface area contributed by atoms with Crippen LogP contribution < -0.4 is 5.32 Å². The molecule has 8 heteroatoms. The maximum absolute atomic E-state index is 13.1. The molecule has 1 saturated carbocycles. The topological polar surface area (TPSA) is 59.8 Å². The Hall–Kier alpha value is -2.90. The van der Waals surface area contributed by atoms with Crippen molar-refractivity contribution in [1.82, 2.24) is 14.5 Å². The van der Waals surface area contributed by atoms with E-state index >= 15 is 0 Å². The minimum Gasteiger partial charge on any atom is -0.325 e. The highest BCUT2D eigenvalue weighted by atomic mass is 19.4. The molecule has 1 amide bonds. The van der Waals surface area contributed by atoms with Crippen molar-refractivity contribution >= 4 is 22.8 Å². The molecular weight excluding hydrogens is 345 g/mol. The monoisotopic (exact) mass is 358 g/mol. The molecule has 5 nitrogen and oxygen atoms in total. The number of rotatable bonds is 2. The number of fused-ring (bicyclic) bond motifs is 2. The Kier molecular flexibility index (Phi) is 2.99. The van der Waals surface area contributed by atoms with Crippen LogP contribution in [0.2, 0.25) is 0 Å². The highest BCUT2D eigenvalue weighted by Crippen LogP contribution is 2.42. The van der Waals surface area contributed by atoms with Crippen molar-refractivity contribution in [2.45, 2.75) is 31.4 Å². The number of pyridine rings is 1. The van der Waals surface area contributed by atoms with Crippen molar-refractivity contribution in [1.29, 1.82) is 0 Å². The van der Waals surface area contributed by atoms with Gasteiger partial charge in [0.05, 0.1) is 12.1 Å². The van der Waals surface area contributed by atoms with E-state index < -0.39 is 11.9 Å². The van der Waals surface area contributed by atoms with E-state index in [0.717, 1.165) is 30.3 Å².